The minimum atomic E-state index is -3.69. The van der Waals surface area contributed by atoms with Gasteiger partial charge in [0, 0.05) is 6.54 Å². The van der Waals surface area contributed by atoms with E-state index < -0.39 is 15.8 Å². The number of benzene rings is 1. The molecule has 0 amide bonds. The number of halogens is 1. The molecule has 1 rings (SSSR count). The number of hydrogen-bond donors (Lipinski definition) is 1. The van der Waals surface area contributed by atoms with E-state index in [1.54, 1.807) is 13.8 Å². The van der Waals surface area contributed by atoms with Crippen LogP contribution in [0.4, 0.5) is 4.39 Å². The SMILES string of the molecule is CCNS(=O)(=O)c1cc(C)ccc1F. The molecule has 0 heterocycles. The van der Waals surface area contributed by atoms with Crippen LogP contribution < -0.4 is 4.72 Å². The number of nitrogens with one attached hydrogen (secondary N) is 1. The van der Waals surface area contributed by atoms with Crippen molar-refractivity contribution in [3.05, 3.63) is 29.6 Å². The predicted molar refractivity (Wildman–Crippen MR) is 52.0 cm³/mol. The fourth-order valence-corrected chi connectivity index (χ4v) is 2.29. The van der Waals surface area contributed by atoms with Crippen LogP contribution in [0.25, 0.3) is 0 Å². The highest BCUT2D eigenvalue weighted by molar-refractivity contribution is 7.89. The summed E-state index contributed by atoms with van der Waals surface area (Å²) in [5, 5.41) is 0. The van der Waals surface area contributed by atoms with Crippen molar-refractivity contribution in [2.75, 3.05) is 6.54 Å². The highest BCUT2D eigenvalue weighted by Crippen LogP contribution is 2.15. The summed E-state index contributed by atoms with van der Waals surface area (Å²) in [6.45, 7) is 3.60. The van der Waals surface area contributed by atoms with Crippen molar-refractivity contribution in [2.24, 2.45) is 0 Å². The van der Waals surface area contributed by atoms with E-state index in [0.29, 0.717) is 5.56 Å². The molecule has 1 aromatic carbocycles. The monoisotopic (exact) mass is 217 g/mol. The third-order valence-electron chi connectivity index (χ3n) is 1.71. The van der Waals surface area contributed by atoms with E-state index in [0.717, 1.165) is 6.07 Å². The number of sulfonamides is 1. The summed E-state index contributed by atoms with van der Waals surface area (Å²) in [6.07, 6.45) is 0. The molecule has 3 nitrogen and oxygen atoms in total. The Kier molecular flexibility index (Phi) is 3.23. The lowest BCUT2D eigenvalue weighted by Gasteiger charge is -2.06. The largest absolute Gasteiger partial charge is 0.243 e. The van der Waals surface area contributed by atoms with Crippen molar-refractivity contribution in [2.45, 2.75) is 18.7 Å². The molecule has 0 fully saturated rings. The Morgan fingerprint density at radius 2 is 2.07 bits per heavy atom. The van der Waals surface area contributed by atoms with Crippen LogP contribution in [0.15, 0.2) is 23.1 Å². The van der Waals surface area contributed by atoms with Gasteiger partial charge in [0.25, 0.3) is 0 Å². The maximum Gasteiger partial charge on any atom is 0.243 e. The summed E-state index contributed by atoms with van der Waals surface area (Å²) in [7, 11) is -3.69. The van der Waals surface area contributed by atoms with E-state index in [1.807, 2.05) is 0 Å². The summed E-state index contributed by atoms with van der Waals surface area (Å²) in [5.41, 5.74) is 0.711. The van der Waals surface area contributed by atoms with E-state index in [2.05, 4.69) is 4.72 Å². The van der Waals surface area contributed by atoms with Gasteiger partial charge in [0.05, 0.1) is 0 Å². The zero-order valence-corrected chi connectivity index (χ0v) is 8.86. The van der Waals surface area contributed by atoms with Crippen molar-refractivity contribution in [3.63, 3.8) is 0 Å². The van der Waals surface area contributed by atoms with Gasteiger partial charge < -0.3 is 0 Å². The van der Waals surface area contributed by atoms with E-state index in [9.17, 15) is 12.8 Å². The fraction of sp³-hybridized carbons (Fsp3) is 0.333. The summed E-state index contributed by atoms with van der Waals surface area (Å²) >= 11 is 0. The molecule has 0 saturated carbocycles. The molecular formula is C9H12FNO2S. The van der Waals surface area contributed by atoms with Gasteiger partial charge in [-0.15, -0.1) is 0 Å². The van der Waals surface area contributed by atoms with E-state index in [-0.39, 0.29) is 11.4 Å². The van der Waals surface area contributed by atoms with Crippen LogP contribution in [-0.2, 0) is 10.0 Å². The molecule has 0 aliphatic carbocycles. The molecule has 0 unspecified atom stereocenters. The summed E-state index contributed by atoms with van der Waals surface area (Å²) in [4.78, 5) is -0.292. The summed E-state index contributed by atoms with van der Waals surface area (Å²) < 4.78 is 38.3. The second kappa shape index (κ2) is 4.06. The number of aryl methyl sites for hydroxylation is 1. The molecule has 0 saturated heterocycles. The molecule has 0 radical (unpaired) electrons. The predicted octanol–water partition coefficient (Wildman–Crippen LogP) is 1.43. The third-order valence-corrected chi connectivity index (χ3v) is 3.27. The molecule has 0 spiro atoms. The van der Waals surface area contributed by atoms with Crippen LogP contribution in [0.2, 0.25) is 0 Å². The van der Waals surface area contributed by atoms with Crippen molar-refractivity contribution >= 4 is 10.0 Å². The van der Waals surface area contributed by atoms with Gasteiger partial charge in [0.15, 0.2) is 0 Å². The zero-order valence-electron chi connectivity index (χ0n) is 8.04. The second-order valence-electron chi connectivity index (χ2n) is 2.94. The molecule has 0 atom stereocenters. The van der Waals surface area contributed by atoms with Crippen molar-refractivity contribution in [1.82, 2.24) is 4.72 Å². The van der Waals surface area contributed by atoms with E-state index >= 15 is 0 Å². The Morgan fingerprint density at radius 3 is 2.64 bits per heavy atom. The maximum absolute atomic E-state index is 13.2. The van der Waals surface area contributed by atoms with E-state index in [4.69, 9.17) is 0 Å². The number of rotatable bonds is 3. The van der Waals surface area contributed by atoms with Gasteiger partial charge in [0.2, 0.25) is 10.0 Å². The summed E-state index contributed by atoms with van der Waals surface area (Å²) in [6, 6.07) is 3.99. The minimum absolute atomic E-state index is 0.246. The van der Waals surface area contributed by atoms with Crippen LogP contribution in [0.1, 0.15) is 12.5 Å². The molecule has 78 valence electrons. The highest BCUT2D eigenvalue weighted by atomic mass is 32.2. The van der Waals surface area contributed by atoms with E-state index in [1.165, 1.54) is 12.1 Å². The molecule has 0 bridgehead atoms. The average molecular weight is 217 g/mol. The Morgan fingerprint density at radius 1 is 1.43 bits per heavy atom. The smallest absolute Gasteiger partial charge is 0.211 e. The lowest BCUT2D eigenvalue weighted by Crippen LogP contribution is -2.24. The molecule has 0 aliphatic heterocycles. The van der Waals surface area contributed by atoms with Crippen molar-refractivity contribution in [1.29, 1.82) is 0 Å². The molecular weight excluding hydrogens is 205 g/mol. The molecule has 1 aromatic rings. The topological polar surface area (TPSA) is 46.2 Å². The van der Waals surface area contributed by atoms with Gasteiger partial charge in [-0.3, -0.25) is 0 Å². The molecule has 1 N–H and O–H groups in total. The van der Waals surface area contributed by atoms with Crippen LogP contribution in [0, 0.1) is 12.7 Å². The average Bonchev–Trinajstić information content (AvgIpc) is 2.09. The van der Waals surface area contributed by atoms with Crippen LogP contribution in [0.3, 0.4) is 0 Å². The fourth-order valence-electron chi connectivity index (χ4n) is 1.08. The first-order valence-electron chi connectivity index (χ1n) is 4.23. The minimum Gasteiger partial charge on any atom is -0.211 e. The van der Waals surface area contributed by atoms with Gasteiger partial charge in [0.1, 0.15) is 10.7 Å². The van der Waals surface area contributed by atoms with Gasteiger partial charge in [-0.05, 0) is 24.6 Å². The van der Waals surface area contributed by atoms with Crippen LogP contribution in [0.5, 0.6) is 0 Å². The van der Waals surface area contributed by atoms with Gasteiger partial charge in [-0.25, -0.2) is 17.5 Å². The van der Waals surface area contributed by atoms with Crippen molar-refractivity contribution < 1.29 is 12.8 Å². The quantitative estimate of drug-likeness (QED) is 0.832. The van der Waals surface area contributed by atoms with Gasteiger partial charge in [-0.2, -0.15) is 0 Å². The first-order valence-corrected chi connectivity index (χ1v) is 5.71. The normalized spacial score (nSPS) is 11.6. The van der Waals surface area contributed by atoms with Crippen LogP contribution >= 0.6 is 0 Å². The molecule has 5 heteroatoms. The Hall–Kier alpha value is -0.940. The molecule has 0 aromatic heterocycles. The van der Waals surface area contributed by atoms with Gasteiger partial charge in [-0.1, -0.05) is 13.0 Å². The lowest BCUT2D eigenvalue weighted by molar-refractivity contribution is 0.558. The number of hydrogen-bond acceptors (Lipinski definition) is 2. The summed E-state index contributed by atoms with van der Waals surface area (Å²) in [5.74, 6) is -0.725. The lowest BCUT2D eigenvalue weighted by atomic mass is 10.2. The zero-order chi connectivity index (χ0) is 10.8. The Balaban J connectivity index is 3.25. The standard InChI is InChI=1S/C9H12FNO2S/c1-3-11-14(12,13)9-6-7(2)4-5-8(9)10/h4-6,11H,3H2,1-2H3. The first kappa shape index (κ1) is 11.1. The first-order chi connectivity index (χ1) is 6.47. The van der Waals surface area contributed by atoms with Crippen LogP contribution in [-0.4, -0.2) is 15.0 Å². The Labute approximate surface area is 83.0 Å². The van der Waals surface area contributed by atoms with Gasteiger partial charge >= 0.3 is 0 Å². The second-order valence-corrected chi connectivity index (χ2v) is 4.67. The molecule has 14 heavy (non-hydrogen) atoms. The highest BCUT2D eigenvalue weighted by Gasteiger charge is 2.17. The maximum atomic E-state index is 13.2. The molecule has 0 aliphatic rings. The Bertz CT molecular complexity index is 428. The third kappa shape index (κ3) is 2.30. The van der Waals surface area contributed by atoms with Crippen molar-refractivity contribution in [3.8, 4) is 0 Å².